The summed E-state index contributed by atoms with van der Waals surface area (Å²) in [5, 5.41) is 9.85. The molecule has 0 bridgehead atoms. The third-order valence-electron chi connectivity index (χ3n) is 9.71. The minimum absolute atomic E-state index is 0.0381. The van der Waals surface area contributed by atoms with Crippen LogP contribution in [0.25, 0.3) is 5.69 Å². The van der Waals surface area contributed by atoms with E-state index in [2.05, 4.69) is 35.5 Å². The highest BCUT2D eigenvalue weighted by Crippen LogP contribution is 2.31. The van der Waals surface area contributed by atoms with Crippen LogP contribution < -0.4 is 15.5 Å². The number of benzene rings is 2. The second-order valence-electron chi connectivity index (χ2n) is 13.3. The molecule has 3 aliphatic heterocycles. The Bertz CT molecular complexity index is 1960. The Labute approximate surface area is 317 Å². The zero-order valence-corrected chi connectivity index (χ0v) is 30.7. The minimum Gasteiger partial charge on any atom is -0.378 e. The molecular formula is C39H44F3N9O4. The molecule has 2 aromatic heterocycles. The zero-order chi connectivity index (χ0) is 39.0. The average Bonchev–Trinajstić information content (AvgIpc) is 3.60. The molecule has 2 saturated heterocycles. The Balaban J connectivity index is 0.000000193. The minimum atomic E-state index is -4.71. The first-order valence-corrected chi connectivity index (χ1v) is 18.2. The normalized spacial score (nSPS) is 18.1. The van der Waals surface area contributed by atoms with E-state index in [-0.39, 0.29) is 12.3 Å². The Morgan fingerprint density at radius 3 is 2.29 bits per heavy atom. The molecule has 7 rings (SSSR count). The molecule has 290 valence electrons. The Kier molecular flexibility index (Phi) is 12.7. The van der Waals surface area contributed by atoms with Crippen LogP contribution in [0.15, 0.2) is 90.8 Å². The maximum absolute atomic E-state index is 13.0. The van der Waals surface area contributed by atoms with Crippen molar-refractivity contribution < 1.29 is 32.3 Å². The molecule has 1 unspecified atom stereocenters. The first-order chi connectivity index (χ1) is 26.5. The van der Waals surface area contributed by atoms with E-state index in [1.807, 2.05) is 73.7 Å². The van der Waals surface area contributed by atoms with Crippen molar-refractivity contribution in [2.45, 2.75) is 45.1 Å². The van der Waals surface area contributed by atoms with Gasteiger partial charge in [-0.2, -0.15) is 18.3 Å². The Morgan fingerprint density at radius 2 is 1.67 bits per heavy atom. The van der Waals surface area contributed by atoms with Crippen molar-refractivity contribution in [3.63, 3.8) is 0 Å². The molecule has 4 aromatic rings. The summed E-state index contributed by atoms with van der Waals surface area (Å²) < 4.78 is 45.5. The molecule has 3 amide bonds. The molecule has 0 radical (unpaired) electrons. The number of alkyl halides is 3. The van der Waals surface area contributed by atoms with E-state index in [0.717, 1.165) is 74.5 Å². The van der Waals surface area contributed by atoms with Crippen LogP contribution in [0.2, 0.25) is 0 Å². The smallest absolute Gasteiger partial charge is 0.378 e. The number of aromatic nitrogens is 4. The number of fused-ring (bicyclic) bond motifs is 1. The van der Waals surface area contributed by atoms with Crippen LogP contribution >= 0.6 is 0 Å². The van der Waals surface area contributed by atoms with Gasteiger partial charge in [-0.25, -0.2) is 14.6 Å². The van der Waals surface area contributed by atoms with Crippen molar-refractivity contribution in [3.8, 4) is 5.69 Å². The van der Waals surface area contributed by atoms with Gasteiger partial charge in [0.2, 0.25) is 11.7 Å². The van der Waals surface area contributed by atoms with Gasteiger partial charge < -0.3 is 15.4 Å². The lowest BCUT2D eigenvalue weighted by molar-refractivity contribution is -0.141. The first-order valence-electron chi connectivity index (χ1n) is 18.2. The number of ether oxygens (including phenoxy) is 1. The van der Waals surface area contributed by atoms with E-state index >= 15 is 0 Å². The summed E-state index contributed by atoms with van der Waals surface area (Å²) in [6, 6.07) is 19.6. The fraction of sp³-hybridized carbons (Fsp3) is 0.385. The van der Waals surface area contributed by atoms with Crippen molar-refractivity contribution in [2.75, 3.05) is 57.4 Å². The number of para-hydroxylation sites is 1. The van der Waals surface area contributed by atoms with E-state index in [1.165, 1.54) is 4.90 Å². The molecule has 0 saturated carbocycles. The molecular weight excluding hydrogens is 715 g/mol. The van der Waals surface area contributed by atoms with Crippen LogP contribution in [0.1, 0.15) is 41.3 Å². The Morgan fingerprint density at radius 1 is 0.982 bits per heavy atom. The number of halogens is 3. The van der Waals surface area contributed by atoms with E-state index in [1.54, 1.807) is 17.8 Å². The number of likely N-dealkylation sites (N-methyl/N-ethyl adjacent to an activating group) is 1. The van der Waals surface area contributed by atoms with Crippen molar-refractivity contribution in [1.29, 1.82) is 0 Å². The molecule has 0 spiro atoms. The van der Waals surface area contributed by atoms with Crippen LogP contribution in [0.3, 0.4) is 0 Å². The van der Waals surface area contributed by atoms with Gasteiger partial charge in [0.1, 0.15) is 17.6 Å². The van der Waals surface area contributed by atoms with Crippen molar-refractivity contribution in [2.24, 2.45) is 0 Å². The molecule has 1 atom stereocenters. The summed E-state index contributed by atoms with van der Waals surface area (Å²) >= 11 is 0. The number of nitrogens with zero attached hydrogens (tertiary/aromatic N) is 7. The number of anilines is 1. The number of hydrogen-bond acceptors (Lipinski definition) is 9. The molecule has 5 heterocycles. The number of carbonyl (C=O) groups excluding carboxylic acids is 3. The van der Waals surface area contributed by atoms with Crippen LogP contribution in [0.4, 0.5) is 19.0 Å². The maximum Gasteiger partial charge on any atom is 0.433 e. The molecule has 2 fully saturated rings. The third-order valence-corrected chi connectivity index (χ3v) is 9.71. The van der Waals surface area contributed by atoms with Gasteiger partial charge in [0, 0.05) is 69.6 Å². The molecule has 13 nitrogen and oxygen atoms in total. The predicted octanol–water partition coefficient (Wildman–Crippen LogP) is 3.65. The number of hydrogen-bond donors (Lipinski definition) is 2. The summed E-state index contributed by atoms with van der Waals surface area (Å²) in [6.45, 7) is 11.3. The molecule has 55 heavy (non-hydrogen) atoms. The molecule has 2 N–H and O–H groups in total. The topological polar surface area (TPSA) is 138 Å². The van der Waals surface area contributed by atoms with E-state index in [0.29, 0.717) is 31.0 Å². The summed E-state index contributed by atoms with van der Waals surface area (Å²) in [4.78, 5) is 51.2. The monoisotopic (exact) mass is 759 g/mol. The number of amides is 3. The number of piperazine rings is 1. The van der Waals surface area contributed by atoms with Gasteiger partial charge in [0.25, 0.3) is 11.8 Å². The standard InChI is InChI=1S/C20H17F3N6O2.C19H27N3O2/c1-2-28-18-12(11-25-29(18)13-6-4-3-5-7-13)10-14(19(28)31)26-17(30)16-24-9-8-15(27-16)20(21,22)23;1-2-17(19(23)20-12-16-6-4-3-5-7-16)13-21-8-10-22(11-9-21)18-14-24-15-18/h3-9,11,14H,2,10H2,1H3,(H,26,30);2-7,18H,8-15H2,1H3,(H,20,23)/b;17-2+. The van der Waals surface area contributed by atoms with Gasteiger partial charge in [-0.1, -0.05) is 54.6 Å². The lowest BCUT2D eigenvalue weighted by Crippen LogP contribution is -2.56. The van der Waals surface area contributed by atoms with Crippen LogP contribution in [-0.4, -0.2) is 112 Å². The number of carbonyl (C=O) groups is 3. The maximum atomic E-state index is 13.0. The van der Waals surface area contributed by atoms with Gasteiger partial charge in [0.05, 0.1) is 31.1 Å². The van der Waals surface area contributed by atoms with Gasteiger partial charge in [0.15, 0.2) is 0 Å². The summed E-state index contributed by atoms with van der Waals surface area (Å²) in [7, 11) is 0. The Hall–Kier alpha value is -5.45. The summed E-state index contributed by atoms with van der Waals surface area (Å²) in [5.74, 6) is -1.38. The molecule has 16 heteroatoms. The second-order valence-corrected chi connectivity index (χ2v) is 13.3. The van der Waals surface area contributed by atoms with Crippen molar-refractivity contribution >= 4 is 23.5 Å². The van der Waals surface area contributed by atoms with Crippen molar-refractivity contribution in [3.05, 3.63) is 113 Å². The summed E-state index contributed by atoms with van der Waals surface area (Å²) in [5.41, 5.74) is 2.24. The van der Waals surface area contributed by atoms with Gasteiger partial charge >= 0.3 is 6.18 Å². The number of allylic oxidation sites excluding steroid dienone is 1. The predicted molar refractivity (Wildman–Crippen MR) is 198 cm³/mol. The first kappa shape index (κ1) is 39.2. The molecule has 3 aliphatic rings. The summed E-state index contributed by atoms with van der Waals surface area (Å²) in [6.07, 6.45) is -0.168. The van der Waals surface area contributed by atoms with Crippen LogP contribution in [0, 0.1) is 0 Å². The average molecular weight is 760 g/mol. The fourth-order valence-electron chi connectivity index (χ4n) is 6.58. The highest BCUT2D eigenvalue weighted by atomic mass is 19.4. The second kappa shape index (κ2) is 17.8. The zero-order valence-electron chi connectivity index (χ0n) is 30.7. The van der Waals surface area contributed by atoms with E-state index < -0.39 is 35.6 Å². The third kappa shape index (κ3) is 9.62. The van der Waals surface area contributed by atoms with Crippen LogP contribution in [-0.2, 0) is 33.5 Å². The SMILES string of the molecule is C/C=C(\CN1CCN(C2COC2)CC1)C(=O)NCc1ccccc1.CCN1C(=O)C(NC(=O)c2nccc(C(F)(F)F)n2)Cc2cnn(-c3ccccc3)c21. The molecule has 0 aliphatic carbocycles. The fourth-order valence-corrected chi connectivity index (χ4v) is 6.58. The largest absolute Gasteiger partial charge is 0.433 e. The molecule has 2 aromatic carbocycles. The van der Waals surface area contributed by atoms with Gasteiger partial charge in [-0.15, -0.1) is 0 Å². The lowest BCUT2D eigenvalue weighted by atomic mass is 10.0. The van der Waals surface area contributed by atoms with Gasteiger partial charge in [-0.05, 0) is 37.6 Å². The number of nitrogens with one attached hydrogen (secondary N) is 2. The van der Waals surface area contributed by atoms with Crippen molar-refractivity contribution in [1.82, 2.24) is 40.2 Å². The lowest BCUT2D eigenvalue weighted by Gasteiger charge is -2.42. The quantitative estimate of drug-likeness (QED) is 0.232. The van der Waals surface area contributed by atoms with E-state index in [4.69, 9.17) is 4.74 Å². The van der Waals surface area contributed by atoms with E-state index in [9.17, 15) is 27.6 Å². The van der Waals surface area contributed by atoms with Gasteiger partial charge in [-0.3, -0.25) is 29.1 Å². The number of rotatable bonds is 10. The highest BCUT2D eigenvalue weighted by Gasteiger charge is 2.38. The highest BCUT2D eigenvalue weighted by molar-refractivity contribution is 6.03. The van der Waals surface area contributed by atoms with Crippen LogP contribution in [0.5, 0.6) is 0 Å².